The van der Waals surface area contributed by atoms with E-state index in [9.17, 15) is 4.79 Å². The molecule has 0 aliphatic heterocycles. The standard InChI is InChI=1S/C31H26O4S/c1-22-20-28(15-16-29(22)35-21-31(32)33)34-19-18-26(10-9-24-6-4-3-5-7-24)25-11-13-27(14-12-25)30-17-8-23(2)36-30/h3-8,11-18,20H,19,21H2,1-2H3,(H,32,33). The van der Waals surface area contributed by atoms with Crippen molar-refractivity contribution in [2.75, 3.05) is 13.2 Å². The normalized spacial score (nSPS) is 10.9. The highest BCUT2D eigenvalue weighted by Gasteiger charge is 2.06. The van der Waals surface area contributed by atoms with Gasteiger partial charge in [0, 0.05) is 20.9 Å². The summed E-state index contributed by atoms with van der Waals surface area (Å²) < 4.78 is 11.2. The van der Waals surface area contributed by atoms with Crippen molar-refractivity contribution >= 4 is 22.9 Å². The molecule has 180 valence electrons. The molecule has 0 spiro atoms. The van der Waals surface area contributed by atoms with E-state index in [0.29, 0.717) is 18.1 Å². The number of carbonyl (C=O) groups is 1. The number of rotatable bonds is 8. The lowest BCUT2D eigenvalue weighted by molar-refractivity contribution is -0.139. The van der Waals surface area contributed by atoms with E-state index in [1.54, 1.807) is 23.5 Å². The summed E-state index contributed by atoms with van der Waals surface area (Å²) >= 11 is 1.78. The zero-order valence-corrected chi connectivity index (χ0v) is 21.0. The van der Waals surface area contributed by atoms with E-state index < -0.39 is 5.97 Å². The molecule has 1 aromatic heterocycles. The van der Waals surface area contributed by atoms with Gasteiger partial charge in [-0.05, 0) is 79.1 Å². The fourth-order valence-corrected chi connectivity index (χ4v) is 4.41. The second-order valence-corrected chi connectivity index (χ2v) is 9.43. The van der Waals surface area contributed by atoms with E-state index in [2.05, 4.69) is 55.2 Å². The summed E-state index contributed by atoms with van der Waals surface area (Å²) in [5.41, 5.74) is 4.84. The van der Waals surface area contributed by atoms with Crippen LogP contribution in [0.3, 0.4) is 0 Å². The van der Waals surface area contributed by atoms with Crippen LogP contribution in [-0.2, 0) is 4.79 Å². The minimum absolute atomic E-state index is 0.333. The second-order valence-electron chi connectivity index (χ2n) is 8.14. The molecule has 0 fully saturated rings. The quantitative estimate of drug-likeness (QED) is 0.268. The third-order valence-electron chi connectivity index (χ3n) is 5.37. The molecule has 0 saturated heterocycles. The van der Waals surface area contributed by atoms with Crippen LogP contribution in [-0.4, -0.2) is 24.3 Å². The van der Waals surface area contributed by atoms with Gasteiger partial charge in [-0.3, -0.25) is 0 Å². The lowest BCUT2D eigenvalue weighted by atomic mass is 10.0. The summed E-state index contributed by atoms with van der Waals surface area (Å²) in [6, 6.07) is 27.9. The van der Waals surface area contributed by atoms with Gasteiger partial charge in [0.25, 0.3) is 0 Å². The van der Waals surface area contributed by atoms with Crippen LogP contribution >= 0.6 is 11.3 Å². The number of benzene rings is 3. The molecule has 36 heavy (non-hydrogen) atoms. The molecule has 1 N–H and O–H groups in total. The zero-order chi connectivity index (χ0) is 25.3. The lowest BCUT2D eigenvalue weighted by Gasteiger charge is -2.10. The number of allylic oxidation sites excluding steroid dienone is 1. The van der Waals surface area contributed by atoms with Gasteiger partial charge in [-0.25, -0.2) is 4.79 Å². The second kappa shape index (κ2) is 11.9. The first kappa shape index (κ1) is 24.8. The SMILES string of the molecule is Cc1ccc(-c2ccc(C(C#Cc3ccccc3)=CCOc3ccc(OCC(=O)O)c(C)c3)cc2)s1. The van der Waals surface area contributed by atoms with E-state index in [0.717, 1.165) is 22.3 Å². The van der Waals surface area contributed by atoms with Crippen molar-refractivity contribution in [3.8, 4) is 33.8 Å². The number of carboxylic acid groups (broad SMARTS) is 1. The van der Waals surface area contributed by atoms with Crippen LogP contribution in [0.1, 0.15) is 21.6 Å². The van der Waals surface area contributed by atoms with E-state index >= 15 is 0 Å². The number of ether oxygens (including phenoxy) is 2. The van der Waals surface area contributed by atoms with Crippen molar-refractivity contribution in [1.29, 1.82) is 0 Å². The molecule has 4 nitrogen and oxygen atoms in total. The average Bonchev–Trinajstić information content (AvgIpc) is 3.32. The topological polar surface area (TPSA) is 55.8 Å². The Balaban J connectivity index is 1.53. The maximum atomic E-state index is 10.7. The van der Waals surface area contributed by atoms with Gasteiger partial charge in [-0.1, -0.05) is 54.3 Å². The van der Waals surface area contributed by atoms with Gasteiger partial charge in [0.15, 0.2) is 6.61 Å². The highest BCUT2D eigenvalue weighted by molar-refractivity contribution is 7.15. The maximum Gasteiger partial charge on any atom is 0.341 e. The van der Waals surface area contributed by atoms with Gasteiger partial charge in [-0.2, -0.15) is 0 Å². The van der Waals surface area contributed by atoms with Crippen LogP contribution in [0.2, 0.25) is 0 Å². The Kier molecular flexibility index (Phi) is 8.23. The molecule has 0 saturated carbocycles. The summed E-state index contributed by atoms with van der Waals surface area (Å²) in [5.74, 6) is 6.74. The molecule has 4 aromatic rings. The number of aryl methyl sites for hydroxylation is 2. The number of thiophene rings is 1. The summed E-state index contributed by atoms with van der Waals surface area (Å²) in [6.45, 7) is 3.92. The van der Waals surface area contributed by atoms with Gasteiger partial charge in [-0.15, -0.1) is 11.3 Å². The third-order valence-corrected chi connectivity index (χ3v) is 6.42. The van der Waals surface area contributed by atoms with E-state index in [1.165, 1.54) is 15.3 Å². The smallest absolute Gasteiger partial charge is 0.341 e. The number of aliphatic carboxylic acids is 1. The van der Waals surface area contributed by atoms with Crippen molar-refractivity contribution in [3.05, 3.63) is 113 Å². The molecule has 0 atom stereocenters. The predicted molar refractivity (Wildman–Crippen MR) is 146 cm³/mol. The fourth-order valence-electron chi connectivity index (χ4n) is 3.54. The van der Waals surface area contributed by atoms with Crippen molar-refractivity contribution in [2.24, 2.45) is 0 Å². The molecule has 0 radical (unpaired) electrons. The molecule has 0 aliphatic rings. The van der Waals surface area contributed by atoms with E-state index in [4.69, 9.17) is 14.6 Å². The van der Waals surface area contributed by atoms with Crippen LogP contribution in [0, 0.1) is 25.7 Å². The average molecular weight is 495 g/mol. The van der Waals surface area contributed by atoms with Crippen LogP contribution in [0.25, 0.3) is 16.0 Å². The number of carboxylic acids is 1. The molecular weight excluding hydrogens is 468 g/mol. The molecule has 5 heteroatoms. The van der Waals surface area contributed by atoms with E-state index in [1.807, 2.05) is 49.4 Å². The van der Waals surface area contributed by atoms with Crippen LogP contribution in [0.5, 0.6) is 11.5 Å². The maximum absolute atomic E-state index is 10.7. The van der Waals surface area contributed by atoms with Crippen molar-refractivity contribution in [1.82, 2.24) is 0 Å². The first-order valence-corrected chi connectivity index (χ1v) is 12.3. The van der Waals surface area contributed by atoms with Gasteiger partial charge in [0.1, 0.15) is 18.1 Å². The number of hydrogen-bond acceptors (Lipinski definition) is 4. The zero-order valence-electron chi connectivity index (χ0n) is 20.2. The third kappa shape index (κ3) is 6.88. The molecule has 0 aliphatic carbocycles. The fraction of sp³-hybridized carbons (Fsp3) is 0.129. The summed E-state index contributed by atoms with van der Waals surface area (Å²) in [4.78, 5) is 13.3. The summed E-state index contributed by atoms with van der Waals surface area (Å²) in [6.07, 6.45) is 1.98. The van der Waals surface area contributed by atoms with E-state index in [-0.39, 0.29) is 6.61 Å². The van der Waals surface area contributed by atoms with Gasteiger partial charge in [0.2, 0.25) is 0 Å². The Bertz CT molecular complexity index is 1420. The van der Waals surface area contributed by atoms with Crippen LogP contribution < -0.4 is 9.47 Å². The molecule has 3 aromatic carbocycles. The lowest BCUT2D eigenvalue weighted by Crippen LogP contribution is -2.10. The molecule has 4 rings (SSSR count). The first-order valence-electron chi connectivity index (χ1n) is 11.5. The van der Waals surface area contributed by atoms with Crippen LogP contribution in [0.4, 0.5) is 0 Å². The van der Waals surface area contributed by atoms with Gasteiger partial charge < -0.3 is 14.6 Å². The van der Waals surface area contributed by atoms with Crippen molar-refractivity contribution in [3.63, 3.8) is 0 Å². The Morgan fingerprint density at radius 3 is 2.39 bits per heavy atom. The van der Waals surface area contributed by atoms with Gasteiger partial charge >= 0.3 is 5.97 Å². The molecule has 0 bridgehead atoms. The summed E-state index contributed by atoms with van der Waals surface area (Å²) in [7, 11) is 0. The molecule has 1 heterocycles. The Morgan fingerprint density at radius 2 is 1.72 bits per heavy atom. The largest absolute Gasteiger partial charge is 0.489 e. The predicted octanol–water partition coefficient (Wildman–Crippen LogP) is 7.01. The highest BCUT2D eigenvalue weighted by atomic mass is 32.1. The Labute approximate surface area is 215 Å². The monoisotopic (exact) mass is 494 g/mol. The molecule has 0 unspecified atom stereocenters. The minimum Gasteiger partial charge on any atom is -0.489 e. The molecular formula is C31H26O4S. The summed E-state index contributed by atoms with van der Waals surface area (Å²) in [5, 5.41) is 8.81. The number of hydrogen-bond donors (Lipinski definition) is 1. The van der Waals surface area contributed by atoms with Gasteiger partial charge in [0.05, 0.1) is 0 Å². The van der Waals surface area contributed by atoms with Crippen molar-refractivity contribution in [2.45, 2.75) is 13.8 Å². The molecule has 0 amide bonds. The Morgan fingerprint density at radius 1 is 0.944 bits per heavy atom. The minimum atomic E-state index is -1.01. The van der Waals surface area contributed by atoms with Crippen LogP contribution in [0.15, 0.2) is 91.0 Å². The highest BCUT2D eigenvalue weighted by Crippen LogP contribution is 2.29. The first-order chi connectivity index (χ1) is 17.5. The van der Waals surface area contributed by atoms with Crippen molar-refractivity contribution < 1.29 is 19.4 Å². The Hall–Kier alpha value is -4.27.